The third-order valence-electron chi connectivity index (χ3n) is 5.67. The molecule has 2 aromatic carbocycles. The second kappa shape index (κ2) is 6.95. The maximum Gasteiger partial charge on any atom is 0.163 e. The van der Waals surface area contributed by atoms with Crippen molar-refractivity contribution >= 4 is 28.5 Å². The molecule has 28 heavy (non-hydrogen) atoms. The molecule has 2 aliphatic rings. The van der Waals surface area contributed by atoms with E-state index in [2.05, 4.69) is 71.5 Å². The maximum absolute atomic E-state index is 13.4. The molecule has 2 atom stereocenters. The minimum Gasteiger partial charge on any atom is -0.372 e. The molecule has 3 nitrogen and oxygen atoms in total. The Morgan fingerprint density at radius 1 is 0.929 bits per heavy atom. The molecule has 0 spiro atoms. The highest BCUT2D eigenvalue weighted by Gasteiger charge is 2.36. The summed E-state index contributed by atoms with van der Waals surface area (Å²) in [7, 11) is 0. The molecule has 140 valence electrons. The van der Waals surface area contributed by atoms with Crippen molar-refractivity contribution in [3.63, 3.8) is 0 Å². The predicted molar refractivity (Wildman–Crippen MR) is 116 cm³/mol. The maximum atomic E-state index is 13.4. The number of rotatable bonds is 2. The number of carbonyl (C=O) groups is 1. The van der Waals surface area contributed by atoms with Gasteiger partial charge in [0.2, 0.25) is 0 Å². The summed E-state index contributed by atoms with van der Waals surface area (Å²) in [4.78, 5) is 14.6. The summed E-state index contributed by atoms with van der Waals surface area (Å²) < 4.78 is 0. The van der Waals surface area contributed by atoms with Crippen LogP contribution in [-0.4, -0.2) is 5.78 Å². The molecule has 0 unspecified atom stereocenters. The Labute approximate surface area is 169 Å². The van der Waals surface area contributed by atoms with E-state index in [9.17, 15) is 4.79 Å². The summed E-state index contributed by atoms with van der Waals surface area (Å²) >= 11 is 1.74. The fourth-order valence-electron chi connectivity index (χ4n) is 4.23. The topological polar surface area (TPSA) is 41.1 Å². The molecule has 0 amide bonds. The minimum atomic E-state index is -0.136. The Kier molecular flexibility index (Phi) is 4.29. The van der Waals surface area contributed by atoms with E-state index >= 15 is 0 Å². The zero-order valence-electron chi connectivity index (χ0n) is 15.7. The number of hydrogen-bond donors (Lipinski definition) is 2. The average Bonchev–Trinajstić information content (AvgIpc) is 3.18. The number of aryl methyl sites for hydroxylation is 1. The lowest BCUT2D eigenvalue weighted by Gasteiger charge is -2.29. The predicted octanol–water partition coefficient (Wildman–Crippen LogP) is 6.04. The van der Waals surface area contributed by atoms with Gasteiger partial charge in [0.05, 0.1) is 17.4 Å². The summed E-state index contributed by atoms with van der Waals surface area (Å²) in [5, 5.41) is 9.33. The lowest BCUT2D eigenvalue weighted by Crippen LogP contribution is -2.26. The van der Waals surface area contributed by atoms with Crippen LogP contribution in [0, 0.1) is 6.92 Å². The number of benzene rings is 2. The molecule has 3 aromatic rings. The summed E-state index contributed by atoms with van der Waals surface area (Å²) in [6, 6.07) is 20.8. The Bertz CT molecular complexity index is 1050. The van der Waals surface area contributed by atoms with E-state index in [1.54, 1.807) is 11.3 Å². The molecule has 0 saturated carbocycles. The molecular weight excluding hydrogens is 364 g/mol. The van der Waals surface area contributed by atoms with Gasteiger partial charge in [0.15, 0.2) is 5.78 Å². The van der Waals surface area contributed by atoms with Crippen molar-refractivity contribution in [1.29, 1.82) is 0 Å². The van der Waals surface area contributed by atoms with Crippen molar-refractivity contribution in [2.24, 2.45) is 0 Å². The quantitative estimate of drug-likeness (QED) is 0.564. The standard InChI is InChI=1S/C24H22N2OS/c1-15-8-10-16(11-9-15)24-23-20(25-18-5-2-3-6-19(18)26-24)13-17(14-21(23)27)22-7-4-12-28-22/h2-12,17,24-26H,13-14H2,1H3/t17-,24-/m1/s1. The number of carbonyl (C=O) groups excluding carboxylic acids is 1. The number of fused-ring (bicyclic) bond motifs is 1. The van der Waals surface area contributed by atoms with Gasteiger partial charge in [-0.3, -0.25) is 4.79 Å². The van der Waals surface area contributed by atoms with Crippen LogP contribution < -0.4 is 10.6 Å². The van der Waals surface area contributed by atoms with Crippen molar-refractivity contribution in [3.8, 4) is 0 Å². The number of allylic oxidation sites excluding steroid dienone is 1. The monoisotopic (exact) mass is 386 g/mol. The molecule has 1 aliphatic heterocycles. The summed E-state index contributed by atoms with van der Waals surface area (Å²) in [5.74, 6) is 0.487. The van der Waals surface area contributed by atoms with E-state index in [4.69, 9.17) is 0 Å². The van der Waals surface area contributed by atoms with Crippen LogP contribution in [0.1, 0.15) is 40.8 Å². The minimum absolute atomic E-state index is 0.136. The van der Waals surface area contributed by atoms with Gasteiger partial charge in [-0.1, -0.05) is 48.0 Å². The zero-order valence-corrected chi connectivity index (χ0v) is 16.6. The van der Waals surface area contributed by atoms with Gasteiger partial charge in [0, 0.05) is 28.5 Å². The number of thiophene rings is 1. The number of anilines is 2. The fourth-order valence-corrected chi connectivity index (χ4v) is 5.06. The highest BCUT2D eigenvalue weighted by atomic mass is 32.1. The van der Waals surface area contributed by atoms with Gasteiger partial charge in [0.25, 0.3) is 0 Å². The molecule has 0 fully saturated rings. The van der Waals surface area contributed by atoms with Crippen LogP contribution >= 0.6 is 11.3 Å². The van der Waals surface area contributed by atoms with E-state index in [0.29, 0.717) is 6.42 Å². The van der Waals surface area contributed by atoms with Crippen molar-refractivity contribution in [3.05, 3.63) is 93.3 Å². The number of nitrogens with one attached hydrogen (secondary N) is 2. The van der Waals surface area contributed by atoms with Crippen LogP contribution in [0.5, 0.6) is 0 Å². The van der Waals surface area contributed by atoms with Gasteiger partial charge in [-0.05, 0) is 42.5 Å². The Morgan fingerprint density at radius 3 is 2.46 bits per heavy atom. The van der Waals surface area contributed by atoms with Crippen LogP contribution in [0.4, 0.5) is 11.4 Å². The van der Waals surface area contributed by atoms with Crippen molar-refractivity contribution in [2.75, 3.05) is 10.6 Å². The van der Waals surface area contributed by atoms with Crippen molar-refractivity contribution in [1.82, 2.24) is 0 Å². The molecule has 4 heteroatoms. The Balaban J connectivity index is 1.62. The van der Waals surface area contributed by atoms with E-state index < -0.39 is 0 Å². The van der Waals surface area contributed by atoms with Crippen LogP contribution in [0.3, 0.4) is 0 Å². The first-order chi connectivity index (χ1) is 13.7. The summed E-state index contributed by atoms with van der Waals surface area (Å²) in [6.07, 6.45) is 1.43. The fraction of sp³-hybridized carbons (Fsp3) is 0.208. The molecule has 2 heterocycles. The molecular formula is C24H22N2OS. The van der Waals surface area contributed by atoms with Gasteiger partial charge in [-0.2, -0.15) is 0 Å². The second-order valence-corrected chi connectivity index (χ2v) is 8.57. The van der Waals surface area contributed by atoms with Gasteiger partial charge >= 0.3 is 0 Å². The first-order valence-corrected chi connectivity index (χ1v) is 10.6. The highest BCUT2D eigenvalue weighted by Crippen LogP contribution is 2.44. The smallest absolute Gasteiger partial charge is 0.163 e. The van der Waals surface area contributed by atoms with E-state index in [1.165, 1.54) is 10.4 Å². The van der Waals surface area contributed by atoms with Crippen LogP contribution in [0.25, 0.3) is 0 Å². The molecule has 0 saturated heterocycles. The third-order valence-corrected chi connectivity index (χ3v) is 6.70. The van der Waals surface area contributed by atoms with E-state index in [1.807, 2.05) is 12.1 Å². The number of hydrogen-bond acceptors (Lipinski definition) is 4. The molecule has 0 radical (unpaired) electrons. The first kappa shape index (κ1) is 17.3. The highest BCUT2D eigenvalue weighted by molar-refractivity contribution is 7.10. The Hall–Kier alpha value is -2.85. The van der Waals surface area contributed by atoms with Crippen molar-refractivity contribution < 1.29 is 4.79 Å². The van der Waals surface area contributed by atoms with Gasteiger partial charge in [-0.25, -0.2) is 0 Å². The molecule has 2 N–H and O–H groups in total. The van der Waals surface area contributed by atoms with E-state index in [0.717, 1.165) is 34.6 Å². The molecule has 5 rings (SSSR count). The number of ketones is 1. The molecule has 1 aliphatic carbocycles. The average molecular weight is 387 g/mol. The second-order valence-electron chi connectivity index (χ2n) is 7.59. The van der Waals surface area contributed by atoms with Gasteiger partial charge in [-0.15, -0.1) is 11.3 Å². The lowest BCUT2D eigenvalue weighted by atomic mass is 9.80. The van der Waals surface area contributed by atoms with Crippen LogP contribution in [0.2, 0.25) is 0 Å². The van der Waals surface area contributed by atoms with Gasteiger partial charge < -0.3 is 10.6 Å². The summed E-state index contributed by atoms with van der Waals surface area (Å²) in [5.41, 5.74) is 6.34. The van der Waals surface area contributed by atoms with Crippen LogP contribution in [-0.2, 0) is 4.79 Å². The zero-order chi connectivity index (χ0) is 19.1. The van der Waals surface area contributed by atoms with E-state index in [-0.39, 0.29) is 17.7 Å². The number of para-hydroxylation sites is 2. The SMILES string of the molecule is Cc1ccc([C@H]2Nc3ccccc3NC3=C2C(=O)C[C@H](c2cccs2)C3)cc1. The third kappa shape index (κ3) is 3.04. The largest absolute Gasteiger partial charge is 0.372 e. The van der Waals surface area contributed by atoms with Crippen LogP contribution in [0.15, 0.2) is 77.3 Å². The lowest BCUT2D eigenvalue weighted by molar-refractivity contribution is -0.116. The van der Waals surface area contributed by atoms with Crippen molar-refractivity contribution in [2.45, 2.75) is 31.7 Å². The number of Topliss-reactive ketones (excluding diaryl/α,β-unsaturated/α-hetero) is 1. The molecule has 0 bridgehead atoms. The normalized spacial score (nSPS) is 21.2. The Morgan fingerprint density at radius 2 is 1.71 bits per heavy atom. The summed E-state index contributed by atoms with van der Waals surface area (Å²) in [6.45, 7) is 2.09. The first-order valence-electron chi connectivity index (χ1n) is 9.68. The molecule has 1 aromatic heterocycles. The van der Waals surface area contributed by atoms with Gasteiger partial charge in [0.1, 0.15) is 0 Å².